The number of hydrogen-bond acceptors (Lipinski definition) is 10. The summed E-state index contributed by atoms with van der Waals surface area (Å²) in [4.78, 5) is 16.3. The molecule has 11 nitrogen and oxygen atoms in total. The van der Waals surface area contributed by atoms with E-state index in [9.17, 15) is 17.2 Å². The van der Waals surface area contributed by atoms with Gasteiger partial charge in [0.2, 0.25) is 21.9 Å². The molecule has 36 heavy (non-hydrogen) atoms. The van der Waals surface area contributed by atoms with E-state index >= 15 is 0 Å². The van der Waals surface area contributed by atoms with Gasteiger partial charge in [0.15, 0.2) is 18.3 Å². The van der Waals surface area contributed by atoms with Gasteiger partial charge in [0.1, 0.15) is 22.3 Å². The van der Waals surface area contributed by atoms with E-state index in [4.69, 9.17) is 15.0 Å². The summed E-state index contributed by atoms with van der Waals surface area (Å²) in [7, 11) is -2.50. The number of benzene rings is 1. The summed E-state index contributed by atoms with van der Waals surface area (Å²) in [5.74, 6) is -0.771. The lowest BCUT2D eigenvalue weighted by Crippen LogP contribution is -2.51. The molecule has 1 fully saturated rings. The van der Waals surface area contributed by atoms with E-state index in [0.717, 1.165) is 16.4 Å². The van der Waals surface area contributed by atoms with Gasteiger partial charge in [-0.1, -0.05) is 11.2 Å². The van der Waals surface area contributed by atoms with E-state index in [2.05, 4.69) is 25.1 Å². The van der Waals surface area contributed by atoms with Crippen LogP contribution in [-0.4, -0.2) is 50.6 Å². The van der Waals surface area contributed by atoms with Gasteiger partial charge in [0, 0.05) is 12.6 Å². The summed E-state index contributed by atoms with van der Waals surface area (Å²) in [5.41, 5.74) is 6.05. The first-order valence-electron chi connectivity index (χ1n) is 10.8. The van der Waals surface area contributed by atoms with Crippen molar-refractivity contribution in [3.63, 3.8) is 0 Å². The number of aliphatic imine (C=N–C) groups is 1. The minimum Gasteiger partial charge on any atom is -0.466 e. The van der Waals surface area contributed by atoms with E-state index in [1.54, 1.807) is 6.92 Å². The third kappa shape index (κ3) is 4.06. The molecule has 1 saturated carbocycles. The Kier molecular flexibility index (Phi) is 5.70. The first kappa shape index (κ1) is 23.8. The van der Waals surface area contributed by atoms with Crippen LogP contribution in [0.5, 0.6) is 5.88 Å². The third-order valence-electron chi connectivity index (χ3n) is 6.09. The van der Waals surface area contributed by atoms with Crippen LogP contribution in [0.1, 0.15) is 47.4 Å². The minimum atomic E-state index is -3.82. The Morgan fingerprint density at radius 2 is 2.11 bits per heavy atom. The largest absolute Gasteiger partial charge is 0.466 e. The van der Waals surface area contributed by atoms with E-state index in [1.165, 1.54) is 31.6 Å². The van der Waals surface area contributed by atoms with Crippen molar-refractivity contribution in [1.82, 2.24) is 24.4 Å². The summed E-state index contributed by atoms with van der Waals surface area (Å²) in [5, 5.41) is 3.65. The predicted molar refractivity (Wildman–Crippen MR) is 124 cm³/mol. The fraction of sp³-hybridized carbons (Fsp3) is 0.318. The fourth-order valence-corrected chi connectivity index (χ4v) is 5.92. The molecular formula is C22H21F2N7O4S. The van der Waals surface area contributed by atoms with Crippen molar-refractivity contribution in [3.8, 4) is 5.88 Å². The Morgan fingerprint density at radius 1 is 1.33 bits per heavy atom. The molecule has 1 aliphatic carbocycles. The second-order valence-corrected chi connectivity index (χ2v) is 10.8. The highest BCUT2D eigenvalue weighted by atomic mass is 32.2. The average Bonchev–Trinajstić information content (AvgIpc) is 3.57. The van der Waals surface area contributed by atoms with E-state index in [1.807, 2.05) is 0 Å². The molecule has 2 aromatic heterocycles. The Morgan fingerprint density at radius 3 is 2.75 bits per heavy atom. The number of guanidine groups is 1. The lowest BCUT2D eigenvalue weighted by molar-refractivity contribution is 0.234. The highest BCUT2D eigenvalue weighted by Crippen LogP contribution is 2.57. The van der Waals surface area contributed by atoms with Crippen LogP contribution in [0.2, 0.25) is 0 Å². The van der Waals surface area contributed by atoms with Crippen molar-refractivity contribution in [2.24, 2.45) is 10.7 Å². The quantitative estimate of drug-likeness (QED) is 0.520. The number of hydrogen-bond donors (Lipinski definition) is 1. The molecule has 0 amide bonds. The molecule has 1 aromatic carbocycles. The van der Waals surface area contributed by atoms with Gasteiger partial charge in [-0.25, -0.2) is 36.5 Å². The SMILES string of the molecule is Cc1noc(COc2cnc(/C(F)=C/c3ccc(F)c(C4N=C(N)N(C)S(=O)(=O)C45CC5)c3)cn2)n1. The number of nitrogens with two attached hydrogens (primary N) is 1. The van der Waals surface area contributed by atoms with Gasteiger partial charge >= 0.3 is 0 Å². The topological polar surface area (TPSA) is 150 Å². The van der Waals surface area contributed by atoms with Crippen LogP contribution in [0, 0.1) is 12.7 Å². The Bertz CT molecular complexity index is 1480. The van der Waals surface area contributed by atoms with Crippen molar-refractivity contribution in [2.45, 2.75) is 37.2 Å². The maximum absolute atomic E-state index is 14.9. The maximum Gasteiger partial charge on any atom is 0.264 e. The molecule has 5 rings (SSSR count). The van der Waals surface area contributed by atoms with Crippen LogP contribution in [0.25, 0.3) is 11.9 Å². The number of rotatable bonds is 6. The number of nitrogens with zero attached hydrogens (tertiary/aromatic N) is 6. The van der Waals surface area contributed by atoms with Crippen molar-refractivity contribution in [2.75, 3.05) is 7.05 Å². The zero-order valence-corrected chi connectivity index (χ0v) is 20.0. The molecule has 1 unspecified atom stereocenters. The van der Waals surface area contributed by atoms with E-state index in [0.29, 0.717) is 24.2 Å². The molecular weight excluding hydrogens is 496 g/mol. The molecule has 1 atom stereocenters. The molecule has 1 spiro atoms. The summed E-state index contributed by atoms with van der Waals surface area (Å²) in [6, 6.07) is 2.85. The third-order valence-corrected chi connectivity index (χ3v) is 8.66. The summed E-state index contributed by atoms with van der Waals surface area (Å²) >= 11 is 0. The van der Waals surface area contributed by atoms with Crippen molar-refractivity contribution >= 4 is 27.9 Å². The molecule has 3 heterocycles. The standard InChI is InChI=1S/C22H21F2N7O4S/c1-12-28-19(35-30-12)11-34-18-10-26-17(9-27-18)16(24)8-13-3-4-15(23)14(7-13)20-22(5-6-22)36(32,33)31(2)21(25)29-20/h3-4,7-10,20H,5-6,11H2,1-2H3,(H2,25,29)/b16-8-. The smallest absolute Gasteiger partial charge is 0.264 e. The number of aromatic nitrogens is 4. The Balaban J connectivity index is 1.38. The fourth-order valence-electron chi connectivity index (χ4n) is 4.01. The molecule has 2 aliphatic rings. The van der Waals surface area contributed by atoms with Gasteiger partial charge in [-0.05, 0) is 43.5 Å². The van der Waals surface area contributed by atoms with Crippen LogP contribution in [0.3, 0.4) is 0 Å². The maximum atomic E-state index is 14.9. The highest BCUT2D eigenvalue weighted by molar-refractivity contribution is 7.91. The van der Waals surface area contributed by atoms with Crippen LogP contribution in [-0.2, 0) is 16.6 Å². The van der Waals surface area contributed by atoms with Crippen LogP contribution in [0.15, 0.2) is 40.1 Å². The normalized spacial score (nSPS) is 20.3. The van der Waals surface area contributed by atoms with Crippen molar-refractivity contribution < 1.29 is 26.5 Å². The van der Waals surface area contributed by atoms with Crippen molar-refractivity contribution in [1.29, 1.82) is 0 Å². The number of sulfonamides is 1. The molecule has 1 aliphatic heterocycles. The van der Waals surface area contributed by atoms with Gasteiger partial charge in [-0.3, -0.25) is 0 Å². The summed E-state index contributed by atoms with van der Waals surface area (Å²) in [6.07, 6.45) is 4.21. The molecule has 0 radical (unpaired) electrons. The Hall–Kier alpha value is -3.94. The second-order valence-electron chi connectivity index (χ2n) is 8.46. The van der Waals surface area contributed by atoms with Gasteiger partial charge in [-0.2, -0.15) is 4.98 Å². The van der Waals surface area contributed by atoms with Gasteiger partial charge in [0.25, 0.3) is 5.89 Å². The highest BCUT2D eigenvalue weighted by Gasteiger charge is 2.64. The first-order valence-corrected chi connectivity index (χ1v) is 12.3. The van der Waals surface area contributed by atoms with Crippen LogP contribution < -0.4 is 10.5 Å². The van der Waals surface area contributed by atoms with Crippen molar-refractivity contribution in [3.05, 3.63) is 64.9 Å². The molecule has 2 N–H and O–H groups in total. The van der Waals surface area contributed by atoms with Crippen LogP contribution in [0.4, 0.5) is 8.78 Å². The molecule has 188 valence electrons. The summed E-state index contributed by atoms with van der Waals surface area (Å²) in [6.45, 7) is 1.65. The zero-order valence-electron chi connectivity index (χ0n) is 19.2. The zero-order chi connectivity index (χ0) is 25.7. The molecule has 3 aromatic rings. The van der Waals surface area contributed by atoms with Gasteiger partial charge in [-0.15, -0.1) is 0 Å². The average molecular weight is 518 g/mol. The summed E-state index contributed by atoms with van der Waals surface area (Å²) < 4.78 is 65.6. The Labute approximate surface area is 204 Å². The van der Waals surface area contributed by atoms with Gasteiger partial charge in [0.05, 0.1) is 12.4 Å². The molecule has 0 saturated heterocycles. The monoisotopic (exact) mass is 517 g/mol. The predicted octanol–water partition coefficient (Wildman–Crippen LogP) is 2.52. The lowest BCUT2D eigenvalue weighted by Gasteiger charge is -2.34. The number of ether oxygens (including phenoxy) is 1. The second kappa shape index (κ2) is 8.62. The first-order chi connectivity index (χ1) is 17.1. The molecule has 14 heteroatoms. The molecule has 0 bridgehead atoms. The number of aryl methyl sites for hydroxylation is 1. The minimum absolute atomic E-state index is 0.0211. The van der Waals surface area contributed by atoms with Gasteiger partial charge < -0.3 is 15.0 Å². The number of halogens is 2. The van der Waals surface area contributed by atoms with Crippen LogP contribution >= 0.6 is 0 Å². The van der Waals surface area contributed by atoms with E-state index < -0.39 is 32.5 Å². The lowest BCUT2D eigenvalue weighted by atomic mass is 9.99. The van der Waals surface area contributed by atoms with E-state index in [-0.39, 0.29) is 35.6 Å².